The van der Waals surface area contributed by atoms with E-state index in [0.29, 0.717) is 24.7 Å². The molecule has 1 N–H and O–H groups in total. The van der Waals surface area contributed by atoms with Crippen molar-refractivity contribution in [1.82, 2.24) is 15.1 Å². The average Bonchev–Trinajstić information content (AvgIpc) is 3.04. The Balaban J connectivity index is 1.83. The zero-order valence-corrected chi connectivity index (χ0v) is 13.5. The molecule has 0 saturated heterocycles. The van der Waals surface area contributed by atoms with Crippen LogP contribution in [0.2, 0.25) is 0 Å². The fourth-order valence-corrected chi connectivity index (χ4v) is 2.29. The third-order valence-corrected chi connectivity index (χ3v) is 3.37. The molecule has 2 aromatic heterocycles. The van der Waals surface area contributed by atoms with Crippen LogP contribution in [-0.2, 0) is 17.9 Å². The van der Waals surface area contributed by atoms with Crippen molar-refractivity contribution >= 4 is 5.91 Å². The summed E-state index contributed by atoms with van der Waals surface area (Å²) in [5.74, 6) is 1.02. The molecule has 120 valence electrons. The molecule has 0 spiro atoms. The summed E-state index contributed by atoms with van der Waals surface area (Å²) in [6.45, 7) is 7.79. The van der Waals surface area contributed by atoms with E-state index in [0.717, 1.165) is 17.9 Å². The van der Waals surface area contributed by atoms with Crippen LogP contribution in [-0.4, -0.2) is 29.3 Å². The monoisotopic (exact) mass is 305 g/mol. The molecule has 0 bridgehead atoms. The van der Waals surface area contributed by atoms with E-state index in [1.165, 1.54) is 0 Å². The van der Waals surface area contributed by atoms with E-state index in [9.17, 15) is 4.79 Å². The number of hydrogen-bond donors (Lipinski definition) is 1. The first kappa shape index (κ1) is 16.3. The lowest BCUT2D eigenvalue weighted by Crippen LogP contribution is -2.30. The largest absolute Gasteiger partial charge is 0.453 e. The number of rotatable bonds is 7. The van der Waals surface area contributed by atoms with Gasteiger partial charge in [0.25, 0.3) is 5.91 Å². The standard InChI is InChI=1S/C16H23N3O3/c1-11(9-19-13(3)7-12(2)18-19)8-17-16(20)15-6-5-14(22-15)10-21-4/h5-7,11H,8-10H2,1-4H3,(H,17,20). The summed E-state index contributed by atoms with van der Waals surface area (Å²) in [7, 11) is 1.59. The maximum atomic E-state index is 12.0. The van der Waals surface area contributed by atoms with E-state index in [-0.39, 0.29) is 11.8 Å². The van der Waals surface area contributed by atoms with Crippen molar-refractivity contribution in [3.05, 3.63) is 41.1 Å². The molecule has 0 aliphatic rings. The van der Waals surface area contributed by atoms with Gasteiger partial charge in [0.15, 0.2) is 5.76 Å². The number of carbonyl (C=O) groups is 1. The van der Waals surface area contributed by atoms with Gasteiger partial charge in [-0.3, -0.25) is 9.48 Å². The summed E-state index contributed by atoms with van der Waals surface area (Å²) in [4.78, 5) is 12.0. The van der Waals surface area contributed by atoms with E-state index in [1.54, 1.807) is 19.2 Å². The van der Waals surface area contributed by atoms with Crippen molar-refractivity contribution in [2.45, 2.75) is 33.9 Å². The zero-order chi connectivity index (χ0) is 16.1. The molecule has 0 radical (unpaired) electrons. The number of ether oxygens (including phenoxy) is 1. The maximum Gasteiger partial charge on any atom is 0.287 e. The molecule has 1 atom stereocenters. The molecule has 2 aromatic rings. The smallest absolute Gasteiger partial charge is 0.287 e. The van der Waals surface area contributed by atoms with Gasteiger partial charge in [0, 0.05) is 25.9 Å². The van der Waals surface area contributed by atoms with Gasteiger partial charge in [-0.05, 0) is 38.0 Å². The zero-order valence-electron chi connectivity index (χ0n) is 13.5. The maximum absolute atomic E-state index is 12.0. The first-order chi connectivity index (χ1) is 10.5. The molecule has 22 heavy (non-hydrogen) atoms. The Hall–Kier alpha value is -2.08. The molecule has 0 aliphatic carbocycles. The highest BCUT2D eigenvalue weighted by Gasteiger charge is 2.13. The van der Waals surface area contributed by atoms with E-state index in [2.05, 4.69) is 17.3 Å². The third kappa shape index (κ3) is 4.21. The number of furan rings is 1. The van der Waals surface area contributed by atoms with Crippen LogP contribution in [0.4, 0.5) is 0 Å². The van der Waals surface area contributed by atoms with Gasteiger partial charge in [-0.15, -0.1) is 0 Å². The molecule has 0 aliphatic heterocycles. The number of hydrogen-bond acceptors (Lipinski definition) is 4. The van der Waals surface area contributed by atoms with Crippen molar-refractivity contribution in [3.8, 4) is 0 Å². The van der Waals surface area contributed by atoms with Gasteiger partial charge in [-0.1, -0.05) is 6.92 Å². The van der Waals surface area contributed by atoms with Gasteiger partial charge in [0.2, 0.25) is 0 Å². The summed E-state index contributed by atoms with van der Waals surface area (Å²) >= 11 is 0. The molecule has 1 unspecified atom stereocenters. The Morgan fingerprint density at radius 3 is 2.86 bits per heavy atom. The number of amides is 1. The molecular weight excluding hydrogens is 282 g/mol. The minimum Gasteiger partial charge on any atom is -0.453 e. The van der Waals surface area contributed by atoms with Crippen molar-refractivity contribution in [2.24, 2.45) is 5.92 Å². The summed E-state index contributed by atoms with van der Waals surface area (Å²) < 4.78 is 12.3. The molecular formula is C16H23N3O3. The molecule has 1 amide bonds. The van der Waals surface area contributed by atoms with E-state index < -0.39 is 0 Å². The first-order valence-electron chi connectivity index (χ1n) is 7.36. The molecule has 6 nitrogen and oxygen atoms in total. The van der Waals surface area contributed by atoms with Crippen LogP contribution in [0.3, 0.4) is 0 Å². The van der Waals surface area contributed by atoms with Gasteiger partial charge in [-0.2, -0.15) is 5.10 Å². The van der Waals surface area contributed by atoms with Crippen LogP contribution in [0.25, 0.3) is 0 Å². The fraction of sp³-hybridized carbons (Fsp3) is 0.500. The Bertz CT molecular complexity index is 630. The number of nitrogens with one attached hydrogen (secondary N) is 1. The molecule has 2 rings (SSSR count). The molecule has 0 saturated carbocycles. The number of nitrogens with zero attached hydrogens (tertiary/aromatic N) is 2. The van der Waals surface area contributed by atoms with Crippen LogP contribution in [0, 0.1) is 19.8 Å². The molecule has 0 fully saturated rings. The summed E-state index contributed by atoms with van der Waals surface area (Å²) in [6.07, 6.45) is 0. The second kappa shape index (κ2) is 7.26. The van der Waals surface area contributed by atoms with E-state index in [1.807, 2.05) is 24.6 Å². The van der Waals surface area contributed by atoms with Gasteiger partial charge >= 0.3 is 0 Å². The molecule has 2 heterocycles. The number of aromatic nitrogens is 2. The Morgan fingerprint density at radius 2 is 2.23 bits per heavy atom. The van der Waals surface area contributed by atoms with Crippen LogP contribution in [0.1, 0.15) is 34.6 Å². The Morgan fingerprint density at radius 1 is 1.45 bits per heavy atom. The average molecular weight is 305 g/mol. The highest BCUT2D eigenvalue weighted by molar-refractivity contribution is 5.91. The van der Waals surface area contributed by atoms with Gasteiger partial charge in [0.1, 0.15) is 12.4 Å². The number of aryl methyl sites for hydroxylation is 2. The highest BCUT2D eigenvalue weighted by atomic mass is 16.5. The highest BCUT2D eigenvalue weighted by Crippen LogP contribution is 2.09. The predicted octanol–water partition coefficient (Wildman–Crippen LogP) is 2.31. The summed E-state index contributed by atoms with van der Waals surface area (Å²) in [5.41, 5.74) is 2.14. The quantitative estimate of drug-likeness (QED) is 0.852. The van der Waals surface area contributed by atoms with Crippen molar-refractivity contribution in [1.29, 1.82) is 0 Å². The van der Waals surface area contributed by atoms with Crippen LogP contribution in [0.15, 0.2) is 22.6 Å². The minimum absolute atomic E-state index is 0.206. The van der Waals surface area contributed by atoms with Crippen LogP contribution < -0.4 is 5.32 Å². The first-order valence-corrected chi connectivity index (χ1v) is 7.36. The van der Waals surface area contributed by atoms with Gasteiger partial charge < -0.3 is 14.5 Å². The number of carbonyl (C=O) groups excluding carboxylic acids is 1. The predicted molar refractivity (Wildman–Crippen MR) is 82.6 cm³/mol. The second-order valence-corrected chi connectivity index (χ2v) is 5.62. The van der Waals surface area contributed by atoms with Crippen molar-refractivity contribution in [2.75, 3.05) is 13.7 Å². The summed E-state index contributed by atoms with van der Waals surface area (Å²) in [5, 5.41) is 7.32. The Kier molecular flexibility index (Phi) is 5.38. The third-order valence-electron chi connectivity index (χ3n) is 3.37. The normalized spacial score (nSPS) is 12.4. The van der Waals surface area contributed by atoms with Gasteiger partial charge in [-0.25, -0.2) is 0 Å². The topological polar surface area (TPSA) is 69.3 Å². The van der Waals surface area contributed by atoms with Crippen LogP contribution >= 0.6 is 0 Å². The van der Waals surface area contributed by atoms with Crippen LogP contribution in [0.5, 0.6) is 0 Å². The fourth-order valence-electron chi connectivity index (χ4n) is 2.29. The Labute approximate surface area is 130 Å². The lowest BCUT2D eigenvalue weighted by Gasteiger charge is -2.13. The molecule has 0 aromatic carbocycles. The SMILES string of the molecule is COCc1ccc(C(=O)NCC(C)Cn2nc(C)cc2C)o1. The van der Waals surface area contributed by atoms with E-state index >= 15 is 0 Å². The lowest BCUT2D eigenvalue weighted by atomic mass is 10.2. The van der Waals surface area contributed by atoms with E-state index in [4.69, 9.17) is 9.15 Å². The second-order valence-electron chi connectivity index (χ2n) is 5.62. The molecule has 6 heteroatoms. The van der Waals surface area contributed by atoms with Crippen molar-refractivity contribution < 1.29 is 13.9 Å². The summed E-state index contributed by atoms with van der Waals surface area (Å²) in [6, 6.07) is 5.46. The minimum atomic E-state index is -0.206. The lowest BCUT2D eigenvalue weighted by molar-refractivity contribution is 0.0910. The van der Waals surface area contributed by atoms with Crippen molar-refractivity contribution in [3.63, 3.8) is 0 Å². The van der Waals surface area contributed by atoms with Gasteiger partial charge in [0.05, 0.1) is 5.69 Å². The number of methoxy groups -OCH3 is 1.